The van der Waals surface area contributed by atoms with Gasteiger partial charge in [-0.1, -0.05) is 105 Å². The number of carbonyl (C=O) groups excluding carboxylic acids is 4. The number of hydrogen-bond donors (Lipinski definition) is 3. The number of nitrogens with one attached hydrogen (secondary N) is 3. The number of benzene rings is 3. The van der Waals surface area contributed by atoms with Crippen LogP contribution in [0.5, 0.6) is 0 Å². The first-order valence-electron chi connectivity index (χ1n) is 15.7. The van der Waals surface area contributed by atoms with E-state index in [1.165, 1.54) is 6.08 Å². The lowest BCUT2D eigenvalue weighted by atomic mass is 9.98. The predicted molar refractivity (Wildman–Crippen MR) is 180 cm³/mol. The average molecular weight is 636 g/mol. The molecule has 0 bridgehead atoms. The third-order valence-electron chi connectivity index (χ3n) is 7.84. The van der Waals surface area contributed by atoms with Crippen LogP contribution < -0.4 is 16.0 Å². The topological polar surface area (TPSA) is 123 Å². The van der Waals surface area contributed by atoms with Gasteiger partial charge < -0.3 is 25.4 Å². The molecule has 3 N–H and O–H groups in total. The maximum Gasteiger partial charge on any atom is 0.407 e. The molecule has 244 valence electrons. The Balaban J connectivity index is 1.45. The number of esters is 1. The van der Waals surface area contributed by atoms with Crippen molar-refractivity contribution in [1.82, 2.24) is 16.0 Å². The summed E-state index contributed by atoms with van der Waals surface area (Å²) in [5, 5.41) is 8.06. The molecular weight excluding hydrogens is 594 g/mol. The van der Waals surface area contributed by atoms with E-state index in [1.54, 1.807) is 0 Å². The van der Waals surface area contributed by atoms with Crippen LogP contribution in [0.3, 0.4) is 0 Å². The minimum absolute atomic E-state index is 0.00276. The third-order valence-corrected chi connectivity index (χ3v) is 7.84. The highest BCUT2D eigenvalue weighted by Gasteiger charge is 2.32. The Bertz CT molecular complexity index is 1570. The molecule has 0 radical (unpaired) electrons. The summed E-state index contributed by atoms with van der Waals surface area (Å²) >= 11 is 0. The van der Waals surface area contributed by atoms with Crippen LogP contribution in [-0.2, 0) is 30.3 Å². The van der Waals surface area contributed by atoms with E-state index in [4.69, 9.17) is 15.9 Å². The van der Waals surface area contributed by atoms with Crippen molar-refractivity contribution in [2.24, 2.45) is 5.92 Å². The van der Waals surface area contributed by atoms with Crippen LogP contribution in [0.15, 0.2) is 91.5 Å². The van der Waals surface area contributed by atoms with Crippen molar-refractivity contribution in [2.45, 2.75) is 57.2 Å². The molecule has 47 heavy (non-hydrogen) atoms. The summed E-state index contributed by atoms with van der Waals surface area (Å²) in [5.74, 6) is 0.481. The molecule has 4 rings (SSSR count). The highest BCUT2D eigenvalue weighted by molar-refractivity contribution is 5.93. The van der Waals surface area contributed by atoms with Gasteiger partial charge in [-0.3, -0.25) is 9.59 Å². The molecule has 0 aromatic heterocycles. The Morgan fingerprint density at radius 2 is 1.38 bits per heavy atom. The number of amides is 3. The first kappa shape index (κ1) is 34.5. The molecule has 1 aliphatic rings. The van der Waals surface area contributed by atoms with Crippen LogP contribution in [0.25, 0.3) is 11.1 Å². The van der Waals surface area contributed by atoms with E-state index in [0.717, 1.165) is 27.8 Å². The van der Waals surface area contributed by atoms with Crippen molar-refractivity contribution in [3.63, 3.8) is 0 Å². The molecule has 0 spiro atoms. The van der Waals surface area contributed by atoms with E-state index < -0.39 is 42.0 Å². The smallest absolute Gasteiger partial charge is 0.407 e. The lowest BCUT2D eigenvalue weighted by Crippen LogP contribution is -2.56. The second kappa shape index (κ2) is 16.8. The lowest BCUT2D eigenvalue weighted by molar-refractivity contribution is -0.147. The number of ether oxygens (including phenoxy) is 2. The van der Waals surface area contributed by atoms with Gasteiger partial charge in [-0.05, 0) is 40.2 Å². The molecule has 0 saturated carbocycles. The van der Waals surface area contributed by atoms with Crippen LogP contribution in [0.1, 0.15) is 49.3 Å². The predicted octanol–water partition coefficient (Wildman–Crippen LogP) is 4.90. The SMILES string of the molecule is C#CC[C@@H](NC(=O)OCC1c2ccccc2-c2ccccc21)C(=O)N[C@@H](Cc1ccccc1)C(=O)N[C@@H](CC(C)C)C(=O)OCC=C. The summed E-state index contributed by atoms with van der Waals surface area (Å²) in [5.41, 5.74) is 5.07. The maximum atomic E-state index is 13.6. The number of hydrogen-bond acceptors (Lipinski definition) is 6. The van der Waals surface area contributed by atoms with Crippen LogP contribution in [0.2, 0.25) is 0 Å². The average Bonchev–Trinajstić information content (AvgIpc) is 3.39. The number of rotatable bonds is 15. The second-order valence-corrected chi connectivity index (χ2v) is 11.8. The van der Waals surface area contributed by atoms with Gasteiger partial charge in [-0.2, -0.15) is 0 Å². The largest absolute Gasteiger partial charge is 0.460 e. The van der Waals surface area contributed by atoms with Gasteiger partial charge in [0.2, 0.25) is 11.8 Å². The monoisotopic (exact) mass is 635 g/mol. The fraction of sp³-hybridized carbons (Fsp3) is 0.316. The van der Waals surface area contributed by atoms with Gasteiger partial charge in [0.25, 0.3) is 0 Å². The summed E-state index contributed by atoms with van der Waals surface area (Å²) in [4.78, 5) is 52.9. The molecule has 0 heterocycles. The summed E-state index contributed by atoms with van der Waals surface area (Å²) in [6.45, 7) is 7.46. The number of fused-ring (bicyclic) bond motifs is 3. The van der Waals surface area contributed by atoms with Crippen molar-refractivity contribution >= 4 is 23.9 Å². The van der Waals surface area contributed by atoms with E-state index in [-0.39, 0.29) is 37.9 Å². The highest BCUT2D eigenvalue weighted by atomic mass is 16.5. The zero-order valence-electron chi connectivity index (χ0n) is 26.7. The maximum absolute atomic E-state index is 13.6. The lowest BCUT2D eigenvalue weighted by Gasteiger charge is -2.25. The number of alkyl carbamates (subject to hydrolysis) is 1. The van der Waals surface area contributed by atoms with Crippen molar-refractivity contribution < 1.29 is 28.7 Å². The Kier molecular flexibility index (Phi) is 12.3. The van der Waals surface area contributed by atoms with Gasteiger partial charge in [0.05, 0.1) is 0 Å². The molecule has 9 heteroatoms. The normalized spacial score (nSPS) is 13.6. The summed E-state index contributed by atoms with van der Waals surface area (Å²) in [6, 6.07) is 21.9. The van der Waals surface area contributed by atoms with Crippen LogP contribution >= 0.6 is 0 Å². The van der Waals surface area contributed by atoms with E-state index in [0.29, 0.717) is 6.42 Å². The molecular formula is C38H41N3O6. The summed E-state index contributed by atoms with van der Waals surface area (Å²) < 4.78 is 10.8. The van der Waals surface area contributed by atoms with Crippen LogP contribution in [-0.4, -0.2) is 55.2 Å². The summed E-state index contributed by atoms with van der Waals surface area (Å²) in [6.07, 6.45) is 6.51. The molecule has 3 atom stereocenters. The summed E-state index contributed by atoms with van der Waals surface area (Å²) in [7, 11) is 0. The molecule has 3 aromatic carbocycles. The number of carbonyl (C=O) groups is 4. The Labute approximate surface area is 276 Å². The molecule has 9 nitrogen and oxygen atoms in total. The van der Waals surface area contributed by atoms with Gasteiger partial charge in [0.1, 0.15) is 31.3 Å². The van der Waals surface area contributed by atoms with Gasteiger partial charge >= 0.3 is 12.1 Å². The van der Waals surface area contributed by atoms with Gasteiger partial charge in [0, 0.05) is 18.8 Å². The third kappa shape index (κ3) is 9.33. The standard InChI is InChI=1S/C38H41N3O6/c1-5-14-32(41-38(45)47-24-31-29-19-12-10-17-27(29)28-18-11-13-20-30(28)31)35(42)39-33(23-26-15-8-7-9-16-26)36(43)40-34(22-25(3)4)37(44)46-21-6-2/h1,6-13,15-20,25,31-34H,2,14,21-24H2,3-4H3,(H,39,42)(H,40,43)(H,41,45)/t32-,33+,34+/m1/s1. The van der Waals surface area contributed by atoms with E-state index in [2.05, 4.69) is 28.4 Å². The molecule has 0 unspecified atom stereocenters. The molecule has 3 aromatic rings. The van der Waals surface area contributed by atoms with E-state index >= 15 is 0 Å². The molecule has 3 amide bonds. The van der Waals surface area contributed by atoms with Crippen LogP contribution in [0, 0.1) is 18.3 Å². The fourth-order valence-corrected chi connectivity index (χ4v) is 5.64. The van der Waals surface area contributed by atoms with Crippen molar-refractivity contribution in [1.29, 1.82) is 0 Å². The minimum atomic E-state index is -1.18. The first-order valence-corrected chi connectivity index (χ1v) is 15.7. The zero-order valence-corrected chi connectivity index (χ0v) is 26.7. The minimum Gasteiger partial charge on any atom is -0.460 e. The van der Waals surface area contributed by atoms with Crippen molar-refractivity contribution in [3.8, 4) is 23.5 Å². The Morgan fingerprint density at radius 3 is 1.98 bits per heavy atom. The van der Waals surface area contributed by atoms with Gasteiger partial charge in [-0.15, -0.1) is 12.3 Å². The van der Waals surface area contributed by atoms with E-state index in [1.807, 2.05) is 92.7 Å². The molecule has 1 aliphatic carbocycles. The van der Waals surface area contributed by atoms with Crippen LogP contribution in [0.4, 0.5) is 4.79 Å². The van der Waals surface area contributed by atoms with Crippen molar-refractivity contribution in [3.05, 3.63) is 108 Å². The van der Waals surface area contributed by atoms with Gasteiger partial charge in [0.15, 0.2) is 0 Å². The van der Waals surface area contributed by atoms with E-state index in [9.17, 15) is 19.2 Å². The Hall–Kier alpha value is -5.36. The molecule has 0 aliphatic heterocycles. The molecule has 0 fully saturated rings. The van der Waals surface area contributed by atoms with Crippen molar-refractivity contribution in [2.75, 3.05) is 13.2 Å². The fourth-order valence-electron chi connectivity index (χ4n) is 5.64. The molecule has 0 saturated heterocycles. The van der Waals surface area contributed by atoms with Gasteiger partial charge in [-0.25, -0.2) is 9.59 Å². The zero-order chi connectivity index (χ0) is 33.8. The number of terminal acetylenes is 1. The Morgan fingerprint density at radius 1 is 0.809 bits per heavy atom. The highest BCUT2D eigenvalue weighted by Crippen LogP contribution is 2.44. The quantitative estimate of drug-likeness (QED) is 0.124. The second-order valence-electron chi connectivity index (χ2n) is 11.8. The first-order chi connectivity index (χ1) is 22.7.